The molecule has 18 heavy (non-hydrogen) atoms. The van der Waals surface area contributed by atoms with Crippen LogP contribution < -0.4 is 5.32 Å². The zero-order valence-electron chi connectivity index (χ0n) is 11.5. The predicted octanol–water partition coefficient (Wildman–Crippen LogP) is 3.19. The van der Waals surface area contributed by atoms with Gasteiger partial charge in [-0.3, -0.25) is 4.90 Å². The fraction of sp³-hybridized carbons (Fsp3) is 0.600. The van der Waals surface area contributed by atoms with Gasteiger partial charge in [0.25, 0.3) is 0 Å². The summed E-state index contributed by atoms with van der Waals surface area (Å²) in [5.41, 5.74) is 1.30. The van der Waals surface area contributed by atoms with Crippen molar-refractivity contribution >= 4 is 11.6 Å². The molecule has 0 spiro atoms. The lowest BCUT2D eigenvalue weighted by Crippen LogP contribution is -2.48. The molecule has 0 aliphatic carbocycles. The molecule has 1 aromatic carbocycles. The highest BCUT2D eigenvalue weighted by Gasteiger charge is 2.25. The Morgan fingerprint density at radius 2 is 2.11 bits per heavy atom. The van der Waals surface area contributed by atoms with Crippen LogP contribution >= 0.6 is 11.6 Å². The lowest BCUT2D eigenvalue weighted by atomic mass is 9.88. The second-order valence-corrected chi connectivity index (χ2v) is 6.00. The van der Waals surface area contributed by atoms with Gasteiger partial charge in [0.15, 0.2) is 0 Å². The Hall–Kier alpha value is -0.570. The number of benzene rings is 1. The molecule has 0 radical (unpaired) electrons. The molecule has 1 saturated heterocycles. The minimum absolute atomic E-state index is 0.416. The van der Waals surface area contributed by atoms with Crippen molar-refractivity contribution in [3.05, 3.63) is 34.9 Å². The summed E-state index contributed by atoms with van der Waals surface area (Å²) in [6.07, 6.45) is 0. The van der Waals surface area contributed by atoms with Crippen molar-refractivity contribution in [2.75, 3.05) is 26.7 Å². The highest BCUT2D eigenvalue weighted by atomic mass is 35.5. The van der Waals surface area contributed by atoms with Gasteiger partial charge in [0.1, 0.15) is 0 Å². The summed E-state index contributed by atoms with van der Waals surface area (Å²) in [4.78, 5) is 2.43. The molecular weight excluding hydrogens is 244 g/mol. The Labute approximate surface area is 115 Å². The summed E-state index contributed by atoms with van der Waals surface area (Å²) >= 11 is 6.05. The molecule has 1 aromatic rings. The van der Waals surface area contributed by atoms with Crippen molar-refractivity contribution < 1.29 is 0 Å². The van der Waals surface area contributed by atoms with Gasteiger partial charge in [0.2, 0.25) is 0 Å². The zero-order chi connectivity index (χ0) is 13.1. The predicted molar refractivity (Wildman–Crippen MR) is 78.0 cm³/mol. The molecule has 100 valence electrons. The van der Waals surface area contributed by atoms with Crippen molar-refractivity contribution in [1.82, 2.24) is 10.2 Å². The fourth-order valence-corrected chi connectivity index (χ4v) is 2.69. The second kappa shape index (κ2) is 6.05. The largest absolute Gasteiger partial charge is 0.316 e. The van der Waals surface area contributed by atoms with Crippen LogP contribution in [-0.2, 0) is 0 Å². The number of hydrogen-bond donors (Lipinski definition) is 1. The lowest BCUT2D eigenvalue weighted by molar-refractivity contribution is 0.160. The van der Waals surface area contributed by atoms with Crippen molar-refractivity contribution in [3.8, 4) is 0 Å². The van der Waals surface area contributed by atoms with Crippen molar-refractivity contribution in [3.63, 3.8) is 0 Å². The molecule has 2 atom stereocenters. The number of halogens is 1. The summed E-state index contributed by atoms with van der Waals surface area (Å²) in [7, 11) is 2.20. The van der Waals surface area contributed by atoms with Gasteiger partial charge in [-0.2, -0.15) is 0 Å². The molecule has 1 N–H and O–H groups in total. The first-order valence-corrected chi connectivity index (χ1v) is 7.12. The van der Waals surface area contributed by atoms with Gasteiger partial charge in [-0.15, -0.1) is 0 Å². The molecule has 2 rings (SSSR count). The molecule has 0 aromatic heterocycles. The van der Waals surface area contributed by atoms with Gasteiger partial charge in [0, 0.05) is 17.6 Å². The van der Waals surface area contributed by atoms with Gasteiger partial charge in [-0.1, -0.05) is 30.7 Å². The topological polar surface area (TPSA) is 15.3 Å². The van der Waals surface area contributed by atoms with Gasteiger partial charge < -0.3 is 5.32 Å². The van der Waals surface area contributed by atoms with Gasteiger partial charge in [0.05, 0.1) is 0 Å². The van der Waals surface area contributed by atoms with Crippen molar-refractivity contribution in [2.45, 2.75) is 19.9 Å². The van der Waals surface area contributed by atoms with E-state index in [1.807, 2.05) is 12.1 Å². The molecule has 1 aliphatic rings. The number of nitrogens with one attached hydrogen (secondary N) is 1. The molecule has 0 amide bonds. The molecule has 0 saturated carbocycles. The van der Waals surface area contributed by atoms with E-state index < -0.39 is 0 Å². The van der Waals surface area contributed by atoms with Crippen LogP contribution in [0.4, 0.5) is 0 Å². The molecule has 1 aliphatic heterocycles. The van der Waals surface area contributed by atoms with E-state index in [4.69, 9.17) is 11.6 Å². The maximum Gasteiger partial charge on any atom is 0.0409 e. The van der Waals surface area contributed by atoms with Crippen LogP contribution in [0, 0.1) is 11.8 Å². The maximum absolute atomic E-state index is 6.05. The van der Waals surface area contributed by atoms with E-state index >= 15 is 0 Å². The van der Waals surface area contributed by atoms with Gasteiger partial charge in [-0.25, -0.2) is 0 Å². The fourth-order valence-electron chi connectivity index (χ4n) is 2.50. The van der Waals surface area contributed by atoms with E-state index in [9.17, 15) is 0 Å². The third kappa shape index (κ3) is 3.25. The lowest BCUT2D eigenvalue weighted by Gasteiger charge is -2.36. The molecule has 3 heteroatoms. The second-order valence-electron chi connectivity index (χ2n) is 5.57. The minimum Gasteiger partial charge on any atom is -0.316 e. The van der Waals surface area contributed by atoms with E-state index in [-0.39, 0.29) is 0 Å². The number of hydrogen-bond acceptors (Lipinski definition) is 2. The van der Waals surface area contributed by atoms with Crippen LogP contribution in [0.5, 0.6) is 0 Å². The van der Waals surface area contributed by atoms with Crippen LogP contribution in [0.1, 0.15) is 25.5 Å². The quantitative estimate of drug-likeness (QED) is 0.881. The molecular formula is C15H23ClN2. The van der Waals surface area contributed by atoms with E-state index in [1.54, 1.807) is 0 Å². The van der Waals surface area contributed by atoms with E-state index in [1.165, 1.54) is 18.7 Å². The number of rotatable bonds is 5. The summed E-state index contributed by atoms with van der Waals surface area (Å²) in [6, 6.07) is 8.60. The highest BCUT2D eigenvalue weighted by Crippen LogP contribution is 2.24. The summed E-state index contributed by atoms with van der Waals surface area (Å²) in [5, 5.41) is 4.17. The Balaban J connectivity index is 1.93. The zero-order valence-corrected chi connectivity index (χ0v) is 12.2. The monoisotopic (exact) mass is 266 g/mol. The molecule has 1 fully saturated rings. The standard InChI is InChI=1S/C15H23ClN2/c1-11(14-8-17-9-14)10-18(3)12(2)13-5-4-6-15(16)7-13/h4-7,11-12,14,17H,8-10H2,1-3H3. The highest BCUT2D eigenvalue weighted by molar-refractivity contribution is 6.30. The third-order valence-electron chi connectivity index (χ3n) is 4.19. The first-order chi connectivity index (χ1) is 8.58. The molecule has 1 heterocycles. The Kier molecular flexibility index (Phi) is 4.66. The van der Waals surface area contributed by atoms with E-state index in [0.29, 0.717) is 6.04 Å². The minimum atomic E-state index is 0.416. The maximum atomic E-state index is 6.05. The number of nitrogens with zero attached hydrogens (tertiary/aromatic N) is 1. The van der Waals surface area contributed by atoms with Crippen LogP contribution in [0.3, 0.4) is 0 Å². The normalized spacial score (nSPS) is 19.6. The van der Waals surface area contributed by atoms with Crippen LogP contribution in [0.15, 0.2) is 24.3 Å². The Bertz CT molecular complexity index is 390. The first-order valence-electron chi connectivity index (χ1n) is 6.74. The van der Waals surface area contributed by atoms with Crippen molar-refractivity contribution in [1.29, 1.82) is 0 Å². The average molecular weight is 267 g/mol. The van der Waals surface area contributed by atoms with Crippen LogP contribution in [-0.4, -0.2) is 31.6 Å². The van der Waals surface area contributed by atoms with Gasteiger partial charge in [-0.05, 0) is 56.6 Å². The summed E-state index contributed by atoms with van der Waals surface area (Å²) in [5.74, 6) is 1.59. The Morgan fingerprint density at radius 3 is 2.67 bits per heavy atom. The van der Waals surface area contributed by atoms with Crippen LogP contribution in [0.25, 0.3) is 0 Å². The molecule has 2 unspecified atom stereocenters. The smallest absolute Gasteiger partial charge is 0.0409 e. The van der Waals surface area contributed by atoms with E-state index in [0.717, 1.165) is 23.4 Å². The van der Waals surface area contributed by atoms with Crippen molar-refractivity contribution in [2.24, 2.45) is 11.8 Å². The Morgan fingerprint density at radius 1 is 1.39 bits per heavy atom. The molecule has 0 bridgehead atoms. The first kappa shape index (κ1) is 13.9. The van der Waals surface area contributed by atoms with E-state index in [2.05, 4.69) is 43.2 Å². The van der Waals surface area contributed by atoms with Crippen LogP contribution in [0.2, 0.25) is 5.02 Å². The summed E-state index contributed by atoms with van der Waals surface area (Å²) in [6.45, 7) is 8.10. The third-order valence-corrected chi connectivity index (χ3v) is 4.42. The average Bonchev–Trinajstić information content (AvgIpc) is 2.25. The SMILES string of the molecule is CC(CN(C)C(C)c1cccc(Cl)c1)C1CNC1. The summed E-state index contributed by atoms with van der Waals surface area (Å²) < 4.78 is 0. The van der Waals surface area contributed by atoms with Gasteiger partial charge >= 0.3 is 0 Å². The molecule has 2 nitrogen and oxygen atoms in total.